The first kappa shape index (κ1) is 33.5. The van der Waals surface area contributed by atoms with Crippen LogP contribution in [0.5, 0.6) is 0 Å². The van der Waals surface area contributed by atoms with E-state index in [1.54, 1.807) is 25.7 Å². The minimum absolute atomic E-state index is 0.156. The Bertz CT molecular complexity index is 820. The summed E-state index contributed by atoms with van der Waals surface area (Å²) in [6.07, 6.45) is 7.94. The Kier molecular flexibility index (Phi) is 15.7. The third-order valence-corrected chi connectivity index (χ3v) is 6.24. The zero-order valence-corrected chi connectivity index (χ0v) is 25.0. The summed E-state index contributed by atoms with van der Waals surface area (Å²) in [6.45, 7) is 14.7. The van der Waals surface area contributed by atoms with Crippen molar-refractivity contribution in [3.05, 3.63) is 35.9 Å². The molecule has 3 amide bonds. The molecule has 1 aromatic carbocycles. The van der Waals surface area contributed by atoms with E-state index in [4.69, 9.17) is 4.74 Å². The largest absolute Gasteiger partial charge is 0.444 e. The SMILES string of the molecule is CCCCCCCN(C(=O)C(CC(C)C)NC(=O)OC(C)(C)C)C(C(=O)NCCCCC)c1ccccc1. The first-order valence-corrected chi connectivity index (χ1v) is 14.6. The van der Waals surface area contributed by atoms with Gasteiger partial charge in [0.15, 0.2) is 0 Å². The highest BCUT2D eigenvalue weighted by molar-refractivity contribution is 5.92. The molecule has 7 nitrogen and oxygen atoms in total. The summed E-state index contributed by atoms with van der Waals surface area (Å²) in [7, 11) is 0. The summed E-state index contributed by atoms with van der Waals surface area (Å²) >= 11 is 0. The number of unbranched alkanes of at least 4 members (excludes halogenated alkanes) is 6. The molecule has 0 aliphatic carbocycles. The van der Waals surface area contributed by atoms with E-state index in [2.05, 4.69) is 24.5 Å². The molecule has 7 heteroatoms. The molecule has 2 atom stereocenters. The van der Waals surface area contributed by atoms with Crippen LogP contribution in [0.25, 0.3) is 0 Å². The van der Waals surface area contributed by atoms with Crippen molar-refractivity contribution in [2.24, 2.45) is 5.92 Å². The average Bonchev–Trinajstić information content (AvgIpc) is 2.84. The van der Waals surface area contributed by atoms with E-state index in [1.165, 1.54) is 0 Å². The molecule has 0 saturated heterocycles. The van der Waals surface area contributed by atoms with E-state index in [-0.39, 0.29) is 17.7 Å². The highest BCUT2D eigenvalue weighted by atomic mass is 16.6. The van der Waals surface area contributed by atoms with Gasteiger partial charge in [0.05, 0.1) is 0 Å². The van der Waals surface area contributed by atoms with Crippen LogP contribution in [0.4, 0.5) is 4.79 Å². The molecule has 216 valence electrons. The Morgan fingerprint density at radius 1 is 0.895 bits per heavy atom. The molecular formula is C31H53N3O4. The number of carbonyl (C=O) groups excluding carboxylic acids is 3. The van der Waals surface area contributed by atoms with Crippen LogP contribution in [0, 0.1) is 5.92 Å². The molecule has 2 N–H and O–H groups in total. The van der Waals surface area contributed by atoms with Crippen LogP contribution in [-0.4, -0.2) is 47.5 Å². The van der Waals surface area contributed by atoms with Crippen molar-refractivity contribution in [1.82, 2.24) is 15.5 Å². The molecule has 0 heterocycles. The second-order valence-electron chi connectivity index (χ2n) is 11.6. The molecule has 0 aromatic heterocycles. The predicted molar refractivity (Wildman–Crippen MR) is 155 cm³/mol. The van der Waals surface area contributed by atoms with Crippen LogP contribution in [0.3, 0.4) is 0 Å². The van der Waals surface area contributed by atoms with Gasteiger partial charge in [-0.05, 0) is 51.5 Å². The molecule has 0 bridgehead atoms. The molecule has 0 radical (unpaired) electrons. The van der Waals surface area contributed by atoms with Crippen molar-refractivity contribution in [1.29, 1.82) is 0 Å². The topological polar surface area (TPSA) is 87.7 Å². The quantitative estimate of drug-likeness (QED) is 0.217. The Labute approximate surface area is 231 Å². The number of benzene rings is 1. The van der Waals surface area contributed by atoms with E-state index in [0.29, 0.717) is 19.5 Å². The van der Waals surface area contributed by atoms with Crippen molar-refractivity contribution in [3.8, 4) is 0 Å². The lowest BCUT2D eigenvalue weighted by Gasteiger charge is -2.35. The number of amides is 3. The summed E-state index contributed by atoms with van der Waals surface area (Å²) < 4.78 is 5.47. The molecular weight excluding hydrogens is 478 g/mol. The highest BCUT2D eigenvalue weighted by Gasteiger charge is 2.36. The van der Waals surface area contributed by atoms with Gasteiger partial charge >= 0.3 is 6.09 Å². The van der Waals surface area contributed by atoms with E-state index in [0.717, 1.165) is 56.9 Å². The van der Waals surface area contributed by atoms with E-state index in [9.17, 15) is 14.4 Å². The van der Waals surface area contributed by atoms with Gasteiger partial charge in [-0.25, -0.2) is 4.79 Å². The summed E-state index contributed by atoms with van der Waals surface area (Å²) in [4.78, 5) is 42.2. The van der Waals surface area contributed by atoms with E-state index in [1.807, 2.05) is 44.2 Å². The number of ether oxygens (including phenoxy) is 1. The third-order valence-electron chi connectivity index (χ3n) is 6.24. The second-order valence-corrected chi connectivity index (χ2v) is 11.6. The molecule has 0 saturated carbocycles. The molecule has 1 aromatic rings. The van der Waals surface area contributed by atoms with E-state index < -0.39 is 23.8 Å². The predicted octanol–water partition coefficient (Wildman–Crippen LogP) is 6.77. The summed E-state index contributed by atoms with van der Waals surface area (Å²) in [5.74, 6) is -0.282. The first-order valence-electron chi connectivity index (χ1n) is 14.6. The molecule has 0 aliphatic heterocycles. The van der Waals surface area contributed by atoms with Crippen molar-refractivity contribution in [3.63, 3.8) is 0 Å². The maximum Gasteiger partial charge on any atom is 0.408 e. The summed E-state index contributed by atoms with van der Waals surface area (Å²) in [5.41, 5.74) is 0.0855. The van der Waals surface area contributed by atoms with Crippen molar-refractivity contribution >= 4 is 17.9 Å². The number of nitrogens with one attached hydrogen (secondary N) is 2. The van der Waals surface area contributed by atoms with Gasteiger partial charge in [-0.15, -0.1) is 0 Å². The second kappa shape index (κ2) is 17.8. The number of rotatable bonds is 17. The van der Waals surface area contributed by atoms with Crippen LogP contribution in [0.15, 0.2) is 30.3 Å². The van der Waals surface area contributed by atoms with Crippen LogP contribution in [-0.2, 0) is 14.3 Å². The van der Waals surface area contributed by atoms with Gasteiger partial charge in [0, 0.05) is 13.1 Å². The standard InChI is InChI=1S/C31H53N3O4/c1-8-10-12-13-18-22-34(29(36)26(23-24(3)4)33-30(37)38-31(5,6)7)27(25-19-15-14-16-20-25)28(35)32-21-17-11-9-2/h14-16,19-20,24,26-27H,8-13,17-18,21-23H2,1-7H3,(H,32,35)(H,33,37). The van der Waals surface area contributed by atoms with Gasteiger partial charge in [0.2, 0.25) is 11.8 Å². The zero-order valence-electron chi connectivity index (χ0n) is 25.0. The van der Waals surface area contributed by atoms with E-state index >= 15 is 0 Å². The minimum Gasteiger partial charge on any atom is -0.444 e. The van der Waals surface area contributed by atoms with Gasteiger partial charge in [-0.3, -0.25) is 9.59 Å². The molecule has 2 unspecified atom stereocenters. The molecule has 0 aliphatic rings. The van der Waals surface area contributed by atoms with Crippen molar-refractivity contribution in [2.45, 2.75) is 124 Å². The smallest absolute Gasteiger partial charge is 0.408 e. The zero-order chi connectivity index (χ0) is 28.6. The number of hydrogen-bond acceptors (Lipinski definition) is 4. The fraction of sp³-hybridized carbons (Fsp3) is 0.710. The molecule has 0 fully saturated rings. The van der Waals surface area contributed by atoms with Crippen LogP contribution < -0.4 is 10.6 Å². The first-order chi connectivity index (χ1) is 18.0. The number of alkyl carbamates (subject to hydrolysis) is 1. The van der Waals surface area contributed by atoms with Crippen molar-refractivity contribution < 1.29 is 19.1 Å². The number of nitrogens with zero attached hydrogens (tertiary/aromatic N) is 1. The number of hydrogen-bond donors (Lipinski definition) is 2. The fourth-order valence-corrected chi connectivity index (χ4v) is 4.39. The summed E-state index contributed by atoms with van der Waals surface area (Å²) in [6, 6.07) is 7.91. The lowest BCUT2D eigenvalue weighted by atomic mass is 9.98. The molecule has 1 rings (SSSR count). The van der Waals surface area contributed by atoms with Crippen molar-refractivity contribution in [2.75, 3.05) is 13.1 Å². The Morgan fingerprint density at radius 2 is 1.50 bits per heavy atom. The van der Waals surface area contributed by atoms with Gasteiger partial charge in [0.1, 0.15) is 17.7 Å². The van der Waals surface area contributed by atoms with Crippen LogP contribution in [0.1, 0.15) is 118 Å². The maximum atomic E-state index is 14.2. The highest BCUT2D eigenvalue weighted by Crippen LogP contribution is 2.25. The Balaban J connectivity index is 3.34. The van der Waals surface area contributed by atoms with Crippen LogP contribution in [0.2, 0.25) is 0 Å². The average molecular weight is 532 g/mol. The van der Waals surface area contributed by atoms with Gasteiger partial charge < -0.3 is 20.3 Å². The van der Waals surface area contributed by atoms with Gasteiger partial charge in [0.25, 0.3) is 0 Å². The Hall–Kier alpha value is -2.57. The van der Waals surface area contributed by atoms with Gasteiger partial charge in [-0.2, -0.15) is 0 Å². The Morgan fingerprint density at radius 3 is 2.08 bits per heavy atom. The lowest BCUT2D eigenvalue weighted by Crippen LogP contribution is -2.53. The number of carbonyl (C=O) groups is 3. The fourth-order valence-electron chi connectivity index (χ4n) is 4.39. The minimum atomic E-state index is -0.792. The molecule has 0 spiro atoms. The lowest BCUT2D eigenvalue weighted by molar-refractivity contribution is -0.143. The molecule has 38 heavy (non-hydrogen) atoms. The van der Waals surface area contributed by atoms with Crippen LogP contribution >= 0.6 is 0 Å². The summed E-state index contributed by atoms with van der Waals surface area (Å²) in [5, 5.41) is 5.89. The normalized spacial score (nSPS) is 13.1. The monoisotopic (exact) mass is 531 g/mol. The third kappa shape index (κ3) is 13.3. The van der Waals surface area contributed by atoms with Gasteiger partial charge in [-0.1, -0.05) is 96.6 Å². The maximum absolute atomic E-state index is 14.2.